The number of non-ortho nitro benzene ring substituents is 2. The number of benzene rings is 2. The molecule has 3 atom stereocenters. The van der Waals surface area contributed by atoms with Gasteiger partial charge in [0.1, 0.15) is 6.10 Å². The van der Waals surface area contributed by atoms with Gasteiger partial charge < -0.3 is 4.74 Å². The molecule has 32 heavy (non-hydrogen) atoms. The average Bonchev–Trinajstić information content (AvgIpc) is 3.51. The summed E-state index contributed by atoms with van der Waals surface area (Å²) >= 11 is 0. The quantitative estimate of drug-likeness (QED) is 0.285. The Morgan fingerprint density at radius 1 is 1.06 bits per heavy atom. The van der Waals surface area contributed by atoms with Crippen LogP contribution in [0.2, 0.25) is 0 Å². The van der Waals surface area contributed by atoms with Crippen LogP contribution in [0.15, 0.2) is 48.5 Å². The lowest BCUT2D eigenvalue weighted by atomic mass is 9.83. The average molecular weight is 438 g/mol. The highest BCUT2D eigenvalue weighted by Gasteiger charge is 2.55. The van der Waals surface area contributed by atoms with Crippen LogP contribution in [0.5, 0.6) is 0 Å². The van der Waals surface area contributed by atoms with Crippen molar-refractivity contribution >= 4 is 17.3 Å². The summed E-state index contributed by atoms with van der Waals surface area (Å²) in [5.41, 5.74) is 0.214. The van der Waals surface area contributed by atoms with Crippen molar-refractivity contribution in [2.75, 3.05) is 0 Å². The number of nitrogens with zero attached hydrogens (tertiary/aromatic N) is 2. The summed E-state index contributed by atoms with van der Waals surface area (Å²) in [6, 6.07) is 12.9. The molecule has 0 unspecified atom stereocenters. The Hall–Kier alpha value is -3.29. The fourth-order valence-electron chi connectivity index (χ4n) is 5.14. The summed E-state index contributed by atoms with van der Waals surface area (Å²) < 4.78 is 5.84. The van der Waals surface area contributed by atoms with Gasteiger partial charge in [-0.2, -0.15) is 0 Å². The van der Waals surface area contributed by atoms with E-state index in [-0.39, 0.29) is 17.1 Å². The van der Waals surface area contributed by atoms with Crippen LogP contribution in [-0.2, 0) is 11.2 Å². The second-order valence-electron chi connectivity index (χ2n) is 9.02. The first-order chi connectivity index (χ1) is 15.4. The number of ether oxygens (including phenoxy) is 1. The number of esters is 1. The molecule has 0 amide bonds. The second kappa shape index (κ2) is 9.06. The molecule has 168 valence electrons. The molecular formula is C24H26N2O6. The molecule has 0 heterocycles. The van der Waals surface area contributed by atoms with Crippen LogP contribution >= 0.6 is 0 Å². The third-order valence-electron chi connectivity index (χ3n) is 6.90. The molecule has 0 bridgehead atoms. The number of nitro benzene ring substituents is 2. The molecule has 8 heteroatoms. The lowest BCUT2D eigenvalue weighted by Crippen LogP contribution is -2.25. The van der Waals surface area contributed by atoms with E-state index in [2.05, 4.69) is 0 Å². The zero-order valence-electron chi connectivity index (χ0n) is 17.8. The maximum Gasteiger partial charge on any atom is 0.338 e. The molecule has 2 aliphatic rings. The summed E-state index contributed by atoms with van der Waals surface area (Å²) in [6.45, 7) is 0. The van der Waals surface area contributed by atoms with E-state index < -0.39 is 27.2 Å². The van der Waals surface area contributed by atoms with Gasteiger partial charge in [0, 0.05) is 12.1 Å². The third-order valence-corrected chi connectivity index (χ3v) is 6.90. The minimum atomic E-state index is -0.751. The number of nitro groups is 2. The molecule has 0 radical (unpaired) electrons. The third kappa shape index (κ3) is 4.95. The molecule has 0 spiro atoms. The highest BCUT2D eigenvalue weighted by molar-refractivity contribution is 5.91. The highest BCUT2D eigenvalue weighted by Crippen LogP contribution is 2.64. The molecule has 0 aliphatic heterocycles. The largest absolute Gasteiger partial charge is 0.459 e. The maximum atomic E-state index is 12.9. The normalized spacial score (nSPS) is 22.4. The van der Waals surface area contributed by atoms with Gasteiger partial charge in [-0.3, -0.25) is 20.2 Å². The van der Waals surface area contributed by atoms with Crippen LogP contribution < -0.4 is 0 Å². The van der Waals surface area contributed by atoms with Crippen molar-refractivity contribution in [2.24, 2.45) is 11.3 Å². The van der Waals surface area contributed by atoms with Crippen molar-refractivity contribution in [3.05, 3.63) is 79.9 Å². The van der Waals surface area contributed by atoms with Gasteiger partial charge in [0.2, 0.25) is 0 Å². The molecule has 0 aromatic heterocycles. The van der Waals surface area contributed by atoms with Crippen molar-refractivity contribution in [1.29, 1.82) is 0 Å². The van der Waals surface area contributed by atoms with Gasteiger partial charge in [-0.15, -0.1) is 0 Å². The second-order valence-corrected chi connectivity index (χ2v) is 9.02. The lowest BCUT2D eigenvalue weighted by molar-refractivity contribution is -0.394. The Morgan fingerprint density at radius 3 is 2.38 bits per heavy atom. The van der Waals surface area contributed by atoms with Gasteiger partial charge in [-0.25, -0.2) is 4.79 Å². The van der Waals surface area contributed by atoms with Crippen LogP contribution in [0, 0.1) is 31.6 Å². The van der Waals surface area contributed by atoms with E-state index >= 15 is 0 Å². The van der Waals surface area contributed by atoms with Gasteiger partial charge >= 0.3 is 5.97 Å². The van der Waals surface area contributed by atoms with Crippen LogP contribution in [0.4, 0.5) is 11.4 Å². The monoisotopic (exact) mass is 438 g/mol. The van der Waals surface area contributed by atoms with Crippen LogP contribution in [-0.4, -0.2) is 21.9 Å². The fraction of sp³-hybridized carbons (Fsp3) is 0.458. The molecule has 0 saturated heterocycles. The minimum absolute atomic E-state index is 0.163. The molecule has 2 aromatic rings. The molecule has 2 aromatic carbocycles. The van der Waals surface area contributed by atoms with E-state index in [1.165, 1.54) is 19.3 Å². The standard InChI is InChI=1S/C24H26N2O6/c27-23(18-12-20(25(28)29)14-21(13-18)26(30)31)32-22(10-9-17-6-2-1-3-7-17)16-24-11-5-4-8-19(24)15-24/h1-3,6-7,12-14,19,22H,4-5,8-11,15-16H2/t19-,22-,24-/m1/s1. The van der Waals surface area contributed by atoms with Gasteiger partial charge in [0.15, 0.2) is 0 Å². The molecule has 2 aliphatic carbocycles. The number of carbonyl (C=O) groups excluding carboxylic acids is 1. The van der Waals surface area contributed by atoms with E-state index in [0.29, 0.717) is 12.3 Å². The Balaban J connectivity index is 1.52. The summed E-state index contributed by atoms with van der Waals surface area (Å²) in [5.74, 6) is -0.0626. The van der Waals surface area contributed by atoms with Crippen molar-refractivity contribution in [2.45, 2.75) is 57.5 Å². The van der Waals surface area contributed by atoms with Crippen LogP contribution in [0.25, 0.3) is 0 Å². The zero-order valence-corrected chi connectivity index (χ0v) is 17.8. The first-order valence-electron chi connectivity index (χ1n) is 11.1. The van der Waals surface area contributed by atoms with E-state index in [4.69, 9.17) is 4.74 Å². The fourth-order valence-corrected chi connectivity index (χ4v) is 5.14. The Kier molecular flexibility index (Phi) is 6.21. The van der Waals surface area contributed by atoms with Gasteiger partial charge in [-0.1, -0.05) is 43.2 Å². The summed E-state index contributed by atoms with van der Waals surface area (Å²) in [5, 5.41) is 22.3. The van der Waals surface area contributed by atoms with Crippen LogP contribution in [0.1, 0.15) is 60.9 Å². The van der Waals surface area contributed by atoms with E-state index in [1.807, 2.05) is 30.3 Å². The smallest absolute Gasteiger partial charge is 0.338 e. The van der Waals surface area contributed by atoms with Crippen molar-refractivity contribution in [3.8, 4) is 0 Å². The van der Waals surface area contributed by atoms with Gasteiger partial charge in [0.05, 0.1) is 21.5 Å². The molecule has 2 fully saturated rings. The lowest BCUT2D eigenvalue weighted by Gasteiger charge is -2.27. The Bertz CT molecular complexity index is 992. The minimum Gasteiger partial charge on any atom is -0.459 e. The Morgan fingerprint density at radius 2 is 1.75 bits per heavy atom. The van der Waals surface area contributed by atoms with Crippen molar-refractivity contribution in [1.82, 2.24) is 0 Å². The van der Waals surface area contributed by atoms with Gasteiger partial charge in [0.25, 0.3) is 11.4 Å². The maximum absolute atomic E-state index is 12.9. The van der Waals surface area contributed by atoms with Crippen LogP contribution in [0.3, 0.4) is 0 Å². The number of fused-ring (bicyclic) bond motifs is 1. The Labute approximate surface area is 185 Å². The number of hydrogen-bond acceptors (Lipinski definition) is 6. The summed E-state index contributed by atoms with van der Waals surface area (Å²) in [4.78, 5) is 33.8. The number of aryl methyl sites for hydroxylation is 1. The van der Waals surface area contributed by atoms with E-state index in [1.54, 1.807) is 0 Å². The number of carbonyl (C=O) groups is 1. The SMILES string of the molecule is O=C(O[C@H](CCc1ccccc1)C[C@]12CCCC[C@@H]1C2)c1cc([N+](=O)[O-])cc([N+](=O)[O-])c1. The molecule has 0 N–H and O–H groups in total. The zero-order chi connectivity index (χ0) is 22.7. The first-order valence-corrected chi connectivity index (χ1v) is 11.1. The van der Waals surface area contributed by atoms with Crippen molar-refractivity contribution < 1.29 is 19.4 Å². The number of hydrogen-bond donors (Lipinski definition) is 0. The van der Waals surface area contributed by atoms with Gasteiger partial charge in [-0.05, 0) is 55.4 Å². The number of rotatable bonds is 9. The summed E-state index contributed by atoms with van der Waals surface area (Å²) in [6.07, 6.45) is 7.77. The van der Waals surface area contributed by atoms with E-state index in [9.17, 15) is 25.0 Å². The molecule has 4 rings (SSSR count). The topological polar surface area (TPSA) is 113 Å². The van der Waals surface area contributed by atoms with E-state index in [0.717, 1.165) is 49.4 Å². The first kappa shape index (κ1) is 21.9. The predicted molar refractivity (Wildman–Crippen MR) is 117 cm³/mol. The molecule has 8 nitrogen and oxygen atoms in total. The molecular weight excluding hydrogens is 412 g/mol. The summed E-state index contributed by atoms with van der Waals surface area (Å²) in [7, 11) is 0. The van der Waals surface area contributed by atoms with Crippen molar-refractivity contribution in [3.63, 3.8) is 0 Å². The molecule has 2 saturated carbocycles. The predicted octanol–water partition coefficient (Wildman–Crippen LogP) is 5.63. The highest BCUT2D eigenvalue weighted by atomic mass is 16.6.